The van der Waals surface area contributed by atoms with E-state index >= 15 is 0 Å². The van der Waals surface area contributed by atoms with Crippen molar-refractivity contribution in [3.05, 3.63) is 18.2 Å². The lowest BCUT2D eigenvalue weighted by atomic mass is 9.82. The topological polar surface area (TPSA) is 55.9 Å². The predicted molar refractivity (Wildman–Crippen MR) is 85.2 cm³/mol. The summed E-state index contributed by atoms with van der Waals surface area (Å²) in [6.45, 7) is 12.4. The summed E-state index contributed by atoms with van der Waals surface area (Å²) in [5, 5.41) is 0. The van der Waals surface area contributed by atoms with E-state index in [1.165, 1.54) is 6.42 Å². The second kappa shape index (κ2) is 7.79. The molecule has 1 rings (SSSR count). The number of hydrogen-bond acceptors (Lipinski definition) is 3. The van der Waals surface area contributed by atoms with Crippen LogP contribution >= 0.6 is 0 Å². The molecule has 4 heteroatoms. The largest absolute Gasteiger partial charge is 0.335 e. The molecule has 0 saturated carbocycles. The fraction of sp³-hybridized carbons (Fsp3) is 0.812. The van der Waals surface area contributed by atoms with Gasteiger partial charge in [-0.1, -0.05) is 34.6 Å². The van der Waals surface area contributed by atoms with Gasteiger partial charge in [0, 0.05) is 31.4 Å². The lowest BCUT2D eigenvalue weighted by Gasteiger charge is -2.26. The summed E-state index contributed by atoms with van der Waals surface area (Å²) in [7, 11) is 0. The number of hydrogen-bond donors (Lipinski definition) is 2. The summed E-state index contributed by atoms with van der Waals surface area (Å²) >= 11 is 0. The van der Waals surface area contributed by atoms with Gasteiger partial charge in [0.1, 0.15) is 5.82 Å². The van der Waals surface area contributed by atoms with E-state index in [2.05, 4.69) is 55.8 Å². The van der Waals surface area contributed by atoms with Crippen LogP contribution in [0.4, 0.5) is 0 Å². The van der Waals surface area contributed by atoms with Crippen molar-refractivity contribution in [2.75, 3.05) is 0 Å². The van der Waals surface area contributed by atoms with Gasteiger partial charge >= 0.3 is 0 Å². The predicted octanol–water partition coefficient (Wildman–Crippen LogP) is 3.13. The van der Waals surface area contributed by atoms with Crippen LogP contribution < -0.4 is 11.3 Å². The van der Waals surface area contributed by atoms with E-state index in [4.69, 9.17) is 5.84 Å². The molecule has 0 amide bonds. The van der Waals surface area contributed by atoms with Gasteiger partial charge in [-0.25, -0.2) is 4.98 Å². The summed E-state index contributed by atoms with van der Waals surface area (Å²) in [5.41, 5.74) is 3.35. The van der Waals surface area contributed by atoms with Gasteiger partial charge in [-0.2, -0.15) is 0 Å². The molecular weight excluding hydrogens is 248 g/mol. The van der Waals surface area contributed by atoms with Crippen molar-refractivity contribution < 1.29 is 0 Å². The zero-order valence-corrected chi connectivity index (χ0v) is 13.8. The Bertz CT molecular complexity index is 378. The number of nitrogens with one attached hydrogen (secondary N) is 1. The van der Waals surface area contributed by atoms with Crippen molar-refractivity contribution in [1.82, 2.24) is 15.0 Å². The van der Waals surface area contributed by atoms with Gasteiger partial charge < -0.3 is 4.57 Å². The smallest absolute Gasteiger partial charge is 0.110 e. The first-order valence-electron chi connectivity index (χ1n) is 7.82. The molecular formula is C16H32N4. The van der Waals surface area contributed by atoms with Crippen LogP contribution in [-0.2, 0) is 13.0 Å². The fourth-order valence-electron chi connectivity index (χ4n) is 3.02. The van der Waals surface area contributed by atoms with Crippen LogP contribution in [0.25, 0.3) is 0 Å². The number of nitrogens with two attached hydrogens (primary N) is 1. The van der Waals surface area contributed by atoms with Crippen LogP contribution in [-0.4, -0.2) is 15.6 Å². The van der Waals surface area contributed by atoms with E-state index in [1.54, 1.807) is 0 Å². The molecule has 0 aliphatic rings. The first kappa shape index (κ1) is 17.2. The lowest BCUT2D eigenvalue weighted by Crippen LogP contribution is -2.39. The number of hydrazine groups is 1. The molecule has 0 aliphatic heterocycles. The average Bonchev–Trinajstić information content (AvgIpc) is 2.74. The van der Waals surface area contributed by atoms with Gasteiger partial charge in [-0.3, -0.25) is 11.3 Å². The second-order valence-electron chi connectivity index (χ2n) is 7.21. The molecule has 1 aromatic heterocycles. The molecule has 1 heterocycles. The summed E-state index contributed by atoms with van der Waals surface area (Å²) < 4.78 is 2.23. The Kier molecular flexibility index (Phi) is 6.69. The van der Waals surface area contributed by atoms with E-state index in [1.807, 2.05) is 6.20 Å². The van der Waals surface area contributed by atoms with Crippen molar-refractivity contribution in [3.63, 3.8) is 0 Å². The highest BCUT2D eigenvalue weighted by Crippen LogP contribution is 2.27. The van der Waals surface area contributed by atoms with E-state index in [0.717, 1.165) is 31.6 Å². The van der Waals surface area contributed by atoms with Crippen LogP contribution in [0.2, 0.25) is 0 Å². The van der Waals surface area contributed by atoms with Crippen LogP contribution in [0.15, 0.2) is 12.4 Å². The average molecular weight is 280 g/mol. The Hall–Kier alpha value is -0.870. The van der Waals surface area contributed by atoms with Gasteiger partial charge in [0.25, 0.3) is 0 Å². The third kappa shape index (κ3) is 6.06. The number of imidazole rings is 1. The van der Waals surface area contributed by atoms with Crippen LogP contribution in [0.3, 0.4) is 0 Å². The number of aryl methyl sites for hydroxylation is 1. The number of aromatic nitrogens is 2. The zero-order chi connectivity index (χ0) is 15.2. The second-order valence-corrected chi connectivity index (χ2v) is 7.21. The maximum Gasteiger partial charge on any atom is 0.110 e. The number of rotatable bonds is 8. The Balaban J connectivity index is 2.56. The maximum absolute atomic E-state index is 5.74. The van der Waals surface area contributed by atoms with Gasteiger partial charge in [-0.05, 0) is 30.6 Å². The van der Waals surface area contributed by atoms with Crippen LogP contribution in [0, 0.1) is 11.3 Å². The van der Waals surface area contributed by atoms with Crippen molar-refractivity contribution in [2.45, 2.75) is 72.9 Å². The van der Waals surface area contributed by atoms with Crippen molar-refractivity contribution in [1.29, 1.82) is 0 Å². The van der Waals surface area contributed by atoms with Gasteiger partial charge in [0.05, 0.1) is 0 Å². The molecule has 3 N–H and O–H groups in total. The van der Waals surface area contributed by atoms with Gasteiger partial charge in [0.15, 0.2) is 0 Å². The Labute approximate surface area is 124 Å². The summed E-state index contributed by atoms with van der Waals surface area (Å²) in [6, 6.07) is 0.297. The standard InChI is InChI=1S/C16H32N4/c1-6-8-20-9-7-18-15(20)11-14(19-17)10-13(2)12-16(3,4)5/h7,9,13-14,19H,6,8,10-12,17H2,1-5H3. The molecule has 116 valence electrons. The third-order valence-corrected chi connectivity index (χ3v) is 3.58. The quantitative estimate of drug-likeness (QED) is 0.568. The Morgan fingerprint density at radius 1 is 1.40 bits per heavy atom. The van der Waals surface area contributed by atoms with Crippen LogP contribution in [0.5, 0.6) is 0 Å². The molecule has 2 atom stereocenters. The van der Waals surface area contributed by atoms with Gasteiger partial charge in [-0.15, -0.1) is 0 Å². The van der Waals surface area contributed by atoms with E-state index in [0.29, 0.717) is 17.4 Å². The minimum absolute atomic E-state index is 0.297. The normalized spacial score (nSPS) is 15.3. The molecule has 0 saturated heterocycles. The molecule has 1 aromatic rings. The summed E-state index contributed by atoms with van der Waals surface area (Å²) in [6.07, 6.45) is 8.28. The molecule has 0 bridgehead atoms. The van der Waals surface area contributed by atoms with Gasteiger partial charge in [0.2, 0.25) is 0 Å². The highest BCUT2D eigenvalue weighted by atomic mass is 15.2. The highest BCUT2D eigenvalue weighted by Gasteiger charge is 2.20. The summed E-state index contributed by atoms with van der Waals surface area (Å²) in [4.78, 5) is 4.47. The lowest BCUT2D eigenvalue weighted by molar-refractivity contribution is 0.273. The Morgan fingerprint density at radius 2 is 2.10 bits per heavy atom. The molecule has 2 unspecified atom stereocenters. The van der Waals surface area contributed by atoms with E-state index < -0.39 is 0 Å². The highest BCUT2D eigenvalue weighted by molar-refractivity contribution is 4.95. The summed E-state index contributed by atoms with van der Waals surface area (Å²) in [5.74, 6) is 7.53. The van der Waals surface area contributed by atoms with Crippen molar-refractivity contribution >= 4 is 0 Å². The first-order chi connectivity index (χ1) is 9.35. The third-order valence-electron chi connectivity index (χ3n) is 3.58. The molecule has 0 spiro atoms. The van der Waals surface area contributed by atoms with Crippen molar-refractivity contribution in [3.8, 4) is 0 Å². The number of nitrogens with zero attached hydrogens (tertiary/aromatic N) is 2. The van der Waals surface area contributed by atoms with E-state index in [9.17, 15) is 0 Å². The molecule has 0 fully saturated rings. The van der Waals surface area contributed by atoms with Crippen molar-refractivity contribution in [2.24, 2.45) is 17.2 Å². The molecule has 0 aromatic carbocycles. The Morgan fingerprint density at radius 3 is 2.65 bits per heavy atom. The minimum atomic E-state index is 0.297. The monoisotopic (exact) mass is 280 g/mol. The van der Waals surface area contributed by atoms with Crippen LogP contribution in [0.1, 0.15) is 59.7 Å². The fourth-order valence-corrected chi connectivity index (χ4v) is 3.02. The molecule has 20 heavy (non-hydrogen) atoms. The molecule has 0 aliphatic carbocycles. The SMILES string of the molecule is CCCn1ccnc1CC(CC(C)CC(C)(C)C)NN. The minimum Gasteiger partial charge on any atom is -0.335 e. The first-order valence-corrected chi connectivity index (χ1v) is 7.82. The molecule has 4 nitrogen and oxygen atoms in total. The molecule has 0 radical (unpaired) electrons. The maximum atomic E-state index is 5.74. The zero-order valence-electron chi connectivity index (χ0n) is 13.8. The van der Waals surface area contributed by atoms with E-state index in [-0.39, 0.29) is 0 Å².